The molecule has 5 heteroatoms. The molecule has 1 heterocycles. The normalized spacial score (nSPS) is 25.9. The Morgan fingerprint density at radius 2 is 1.91 bits per heavy atom. The van der Waals surface area contributed by atoms with E-state index in [0.717, 1.165) is 37.9 Å². The smallest absolute Gasteiger partial charge is 0.239 e. The van der Waals surface area contributed by atoms with Gasteiger partial charge in [-0.3, -0.25) is 14.9 Å². The fourth-order valence-electron chi connectivity index (χ4n) is 3.38. The van der Waals surface area contributed by atoms with Gasteiger partial charge in [-0.1, -0.05) is 37.3 Å². The number of likely N-dealkylation sites (tertiary alicyclic amines) is 1. The summed E-state index contributed by atoms with van der Waals surface area (Å²) in [6.45, 7) is 3.65. The van der Waals surface area contributed by atoms with E-state index in [4.69, 9.17) is 5.73 Å². The average molecular weight is 315 g/mol. The van der Waals surface area contributed by atoms with Gasteiger partial charge in [-0.2, -0.15) is 0 Å². The Hall–Kier alpha value is -1.88. The molecule has 0 radical (unpaired) electrons. The minimum Gasteiger partial charge on any atom is -0.368 e. The summed E-state index contributed by atoms with van der Waals surface area (Å²) in [7, 11) is 0. The maximum atomic E-state index is 12.2. The predicted molar refractivity (Wildman–Crippen MR) is 88.4 cm³/mol. The molecule has 5 nitrogen and oxygen atoms in total. The van der Waals surface area contributed by atoms with Gasteiger partial charge in [0.25, 0.3) is 0 Å². The Bertz CT molecular complexity index is 571. The van der Waals surface area contributed by atoms with Gasteiger partial charge in [0.15, 0.2) is 0 Å². The van der Waals surface area contributed by atoms with Crippen molar-refractivity contribution in [3.8, 4) is 0 Å². The summed E-state index contributed by atoms with van der Waals surface area (Å²) < 4.78 is 0. The molecule has 3 N–H and O–H groups in total. The Morgan fingerprint density at radius 3 is 2.48 bits per heavy atom. The van der Waals surface area contributed by atoms with E-state index in [0.29, 0.717) is 11.8 Å². The number of hydrogen-bond donors (Lipinski definition) is 2. The molecule has 124 valence electrons. The van der Waals surface area contributed by atoms with Crippen LogP contribution in [0.5, 0.6) is 0 Å². The van der Waals surface area contributed by atoms with Crippen molar-refractivity contribution in [3.05, 3.63) is 35.9 Å². The molecule has 1 saturated heterocycles. The summed E-state index contributed by atoms with van der Waals surface area (Å²) in [5.74, 6) is 0.524. The predicted octanol–water partition coefficient (Wildman–Crippen LogP) is 1.45. The van der Waals surface area contributed by atoms with Crippen LogP contribution in [0.4, 0.5) is 0 Å². The van der Waals surface area contributed by atoms with Crippen LogP contribution in [-0.4, -0.2) is 35.8 Å². The molecule has 2 aliphatic rings. The molecule has 2 amide bonds. The van der Waals surface area contributed by atoms with E-state index < -0.39 is 6.04 Å². The summed E-state index contributed by atoms with van der Waals surface area (Å²) in [5.41, 5.74) is 6.48. The standard InChI is InChI=1S/C18H25N3O2/c1-12-11-21(18(23)14-7-8-14)10-9-15(12)20-16(17(19)22)13-5-3-2-4-6-13/h2-6,12,14-16,20H,7-11H2,1H3,(H2,19,22)/t12-,15+,16-/m1/s1. The first-order chi connectivity index (χ1) is 11.1. The molecule has 23 heavy (non-hydrogen) atoms. The number of rotatable bonds is 5. The Kier molecular flexibility index (Phi) is 4.66. The zero-order valence-corrected chi connectivity index (χ0v) is 13.6. The van der Waals surface area contributed by atoms with Gasteiger partial charge in [-0.15, -0.1) is 0 Å². The minimum absolute atomic E-state index is 0.191. The lowest BCUT2D eigenvalue weighted by Gasteiger charge is -2.39. The zero-order chi connectivity index (χ0) is 16.4. The summed E-state index contributed by atoms with van der Waals surface area (Å²) >= 11 is 0. The number of benzene rings is 1. The van der Waals surface area contributed by atoms with E-state index in [9.17, 15) is 9.59 Å². The highest BCUT2D eigenvalue weighted by Crippen LogP contribution is 2.32. The molecule has 3 rings (SSSR count). The Morgan fingerprint density at radius 1 is 1.22 bits per heavy atom. The van der Waals surface area contributed by atoms with Crippen LogP contribution in [0.2, 0.25) is 0 Å². The average Bonchev–Trinajstić information content (AvgIpc) is 3.38. The Balaban J connectivity index is 1.63. The van der Waals surface area contributed by atoms with Crippen LogP contribution in [-0.2, 0) is 9.59 Å². The van der Waals surface area contributed by atoms with Crippen molar-refractivity contribution >= 4 is 11.8 Å². The monoisotopic (exact) mass is 315 g/mol. The molecule has 0 unspecified atom stereocenters. The summed E-state index contributed by atoms with van der Waals surface area (Å²) in [6.07, 6.45) is 2.95. The highest BCUT2D eigenvalue weighted by atomic mass is 16.2. The number of piperidine rings is 1. The Labute approximate surface area is 137 Å². The number of nitrogens with zero attached hydrogens (tertiary/aromatic N) is 1. The number of primary amides is 1. The van der Waals surface area contributed by atoms with E-state index in [1.165, 1.54) is 0 Å². The van der Waals surface area contributed by atoms with Crippen molar-refractivity contribution in [2.45, 2.75) is 38.3 Å². The lowest BCUT2D eigenvalue weighted by molar-refractivity contribution is -0.135. The van der Waals surface area contributed by atoms with E-state index in [1.54, 1.807) is 0 Å². The molecule has 3 atom stereocenters. The molecule has 0 bridgehead atoms. The van der Waals surface area contributed by atoms with Crippen LogP contribution in [0.3, 0.4) is 0 Å². The number of nitrogens with one attached hydrogen (secondary N) is 1. The molecule has 0 spiro atoms. The molecule has 0 aromatic heterocycles. The topological polar surface area (TPSA) is 75.4 Å². The molecule has 2 fully saturated rings. The highest BCUT2D eigenvalue weighted by Gasteiger charge is 2.37. The minimum atomic E-state index is -0.477. The van der Waals surface area contributed by atoms with Crippen LogP contribution in [0.25, 0.3) is 0 Å². The van der Waals surface area contributed by atoms with Crippen molar-refractivity contribution in [3.63, 3.8) is 0 Å². The third kappa shape index (κ3) is 3.72. The van der Waals surface area contributed by atoms with Gasteiger partial charge in [0.05, 0.1) is 0 Å². The van der Waals surface area contributed by atoms with Crippen LogP contribution < -0.4 is 11.1 Å². The molecule has 1 saturated carbocycles. The molecule has 1 aromatic carbocycles. The second kappa shape index (κ2) is 6.71. The maximum Gasteiger partial charge on any atom is 0.239 e. The number of carbonyl (C=O) groups excluding carboxylic acids is 2. The molecule has 1 aromatic rings. The van der Waals surface area contributed by atoms with Crippen molar-refractivity contribution < 1.29 is 9.59 Å². The van der Waals surface area contributed by atoms with Crippen LogP contribution in [0, 0.1) is 11.8 Å². The lowest BCUT2D eigenvalue weighted by Crippen LogP contribution is -2.52. The highest BCUT2D eigenvalue weighted by molar-refractivity contribution is 5.82. The van der Waals surface area contributed by atoms with Gasteiger partial charge < -0.3 is 10.6 Å². The van der Waals surface area contributed by atoms with Crippen molar-refractivity contribution in [2.75, 3.05) is 13.1 Å². The second-order valence-electron chi connectivity index (χ2n) is 6.84. The summed E-state index contributed by atoms with van der Waals surface area (Å²) in [4.78, 5) is 26.0. The van der Waals surface area contributed by atoms with Gasteiger partial charge in [-0.05, 0) is 30.7 Å². The lowest BCUT2D eigenvalue weighted by atomic mass is 9.91. The molecule has 1 aliphatic carbocycles. The first-order valence-corrected chi connectivity index (χ1v) is 8.45. The quantitative estimate of drug-likeness (QED) is 0.863. The zero-order valence-electron chi connectivity index (χ0n) is 13.6. The van der Waals surface area contributed by atoms with E-state index in [-0.39, 0.29) is 17.9 Å². The summed E-state index contributed by atoms with van der Waals surface area (Å²) in [6, 6.07) is 9.29. The van der Waals surface area contributed by atoms with Crippen molar-refractivity contribution in [1.29, 1.82) is 0 Å². The van der Waals surface area contributed by atoms with Crippen molar-refractivity contribution in [1.82, 2.24) is 10.2 Å². The first kappa shape index (κ1) is 16.0. The van der Waals surface area contributed by atoms with Crippen LogP contribution in [0.1, 0.15) is 37.8 Å². The van der Waals surface area contributed by atoms with Crippen molar-refractivity contribution in [2.24, 2.45) is 17.6 Å². The van der Waals surface area contributed by atoms with E-state index in [2.05, 4.69) is 12.2 Å². The van der Waals surface area contributed by atoms with Gasteiger partial charge in [0.1, 0.15) is 6.04 Å². The number of carbonyl (C=O) groups is 2. The fraction of sp³-hybridized carbons (Fsp3) is 0.556. The fourth-order valence-corrected chi connectivity index (χ4v) is 3.38. The number of hydrogen-bond acceptors (Lipinski definition) is 3. The third-order valence-corrected chi connectivity index (χ3v) is 4.94. The SMILES string of the molecule is C[C@@H]1CN(C(=O)C2CC2)CC[C@@H]1N[C@@H](C(N)=O)c1ccccc1. The van der Waals surface area contributed by atoms with Gasteiger partial charge in [0.2, 0.25) is 11.8 Å². The number of nitrogens with two attached hydrogens (primary N) is 1. The number of amides is 2. The van der Waals surface area contributed by atoms with Crippen LogP contribution >= 0.6 is 0 Å². The van der Waals surface area contributed by atoms with Gasteiger partial charge in [-0.25, -0.2) is 0 Å². The van der Waals surface area contributed by atoms with Gasteiger partial charge >= 0.3 is 0 Å². The van der Waals surface area contributed by atoms with E-state index in [1.807, 2.05) is 35.2 Å². The molecular weight excluding hydrogens is 290 g/mol. The maximum absolute atomic E-state index is 12.2. The van der Waals surface area contributed by atoms with Crippen LogP contribution in [0.15, 0.2) is 30.3 Å². The molecular formula is C18H25N3O2. The largest absolute Gasteiger partial charge is 0.368 e. The molecule has 1 aliphatic heterocycles. The summed E-state index contributed by atoms with van der Waals surface area (Å²) in [5, 5.41) is 3.41. The second-order valence-corrected chi connectivity index (χ2v) is 6.84. The third-order valence-electron chi connectivity index (χ3n) is 4.94. The van der Waals surface area contributed by atoms with E-state index >= 15 is 0 Å². The first-order valence-electron chi connectivity index (χ1n) is 8.45. The van der Waals surface area contributed by atoms with Gasteiger partial charge in [0, 0.05) is 25.0 Å².